The van der Waals surface area contributed by atoms with Crippen molar-refractivity contribution < 1.29 is 23.4 Å². The molecule has 1 amide bonds. The number of carbonyl (C=O) groups is 1. The molecule has 0 aliphatic heterocycles. The summed E-state index contributed by atoms with van der Waals surface area (Å²) in [7, 11) is -3.49. The van der Waals surface area contributed by atoms with Crippen LogP contribution in [-0.2, 0) is 14.8 Å². The second kappa shape index (κ2) is 10.4. The zero-order chi connectivity index (χ0) is 15.6. The third kappa shape index (κ3) is 7.44. The molecule has 0 aromatic carbocycles. The summed E-state index contributed by atoms with van der Waals surface area (Å²) in [6.07, 6.45) is 2.24. The van der Waals surface area contributed by atoms with Gasteiger partial charge in [0.1, 0.15) is 6.04 Å². The van der Waals surface area contributed by atoms with Crippen molar-refractivity contribution in [3.8, 4) is 0 Å². The molecule has 20 heavy (non-hydrogen) atoms. The number of carbonyl (C=O) groups excluding carboxylic acids is 1. The lowest BCUT2D eigenvalue weighted by atomic mass is 10.2. The molecule has 0 aliphatic carbocycles. The lowest BCUT2D eigenvalue weighted by Crippen LogP contribution is -2.50. The van der Waals surface area contributed by atoms with E-state index in [-0.39, 0.29) is 32.1 Å². The summed E-state index contributed by atoms with van der Waals surface area (Å²) >= 11 is 1.52. The third-order valence-corrected chi connectivity index (χ3v) is 4.71. The lowest BCUT2D eigenvalue weighted by molar-refractivity contribution is -0.134. The van der Waals surface area contributed by atoms with Gasteiger partial charge in [-0.25, -0.2) is 13.1 Å². The quantitative estimate of drug-likeness (QED) is 0.443. The number of hydrogen-bond acceptors (Lipinski definition) is 6. The smallest absolute Gasteiger partial charge is 0.240 e. The van der Waals surface area contributed by atoms with Gasteiger partial charge in [-0.05, 0) is 25.4 Å². The minimum atomic E-state index is -3.49. The molecule has 0 spiro atoms. The Labute approximate surface area is 124 Å². The maximum atomic E-state index is 12.3. The standard InChI is InChI=1S/C11H24N2O5S2/c1-3-20(17,18)12-10(4-9-19-2)11(16)13(5-7-14)6-8-15/h10,12,14-15H,3-9H2,1-2H3. The summed E-state index contributed by atoms with van der Waals surface area (Å²) in [5.74, 6) is 0.115. The molecule has 0 aliphatic rings. The van der Waals surface area contributed by atoms with Crippen LogP contribution in [0.25, 0.3) is 0 Å². The van der Waals surface area contributed by atoms with Crippen LogP contribution in [0.1, 0.15) is 13.3 Å². The highest BCUT2D eigenvalue weighted by atomic mass is 32.2. The van der Waals surface area contributed by atoms with E-state index in [1.807, 2.05) is 6.26 Å². The molecule has 0 heterocycles. The van der Waals surface area contributed by atoms with Crippen molar-refractivity contribution in [2.45, 2.75) is 19.4 Å². The highest BCUT2D eigenvalue weighted by Crippen LogP contribution is 2.06. The van der Waals surface area contributed by atoms with E-state index in [0.717, 1.165) is 0 Å². The number of thioether (sulfide) groups is 1. The van der Waals surface area contributed by atoms with Gasteiger partial charge in [0.25, 0.3) is 0 Å². The van der Waals surface area contributed by atoms with E-state index in [2.05, 4.69) is 4.72 Å². The van der Waals surface area contributed by atoms with Gasteiger partial charge in [0.15, 0.2) is 0 Å². The maximum Gasteiger partial charge on any atom is 0.240 e. The summed E-state index contributed by atoms with van der Waals surface area (Å²) in [5, 5.41) is 17.9. The summed E-state index contributed by atoms with van der Waals surface area (Å²) < 4.78 is 25.6. The van der Waals surface area contributed by atoms with Gasteiger partial charge in [0, 0.05) is 13.1 Å². The molecule has 0 radical (unpaired) electrons. The number of aliphatic hydroxyl groups is 2. The van der Waals surface area contributed by atoms with E-state index in [4.69, 9.17) is 10.2 Å². The number of nitrogens with zero attached hydrogens (tertiary/aromatic N) is 1. The van der Waals surface area contributed by atoms with Crippen molar-refractivity contribution in [1.29, 1.82) is 0 Å². The Hall–Kier alpha value is -0.350. The fourth-order valence-electron chi connectivity index (χ4n) is 1.56. The van der Waals surface area contributed by atoms with Crippen LogP contribution >= 0.6 is 11.8 Å². The fraction of sp³-hybridized carbons (Fsp3) is 0.909. The van der Waals surface area contributed by atoms with Crippen LogP contribution in [0, 0.1) is 0 Å². The number of amides is 1. The highest BCUT2D eigenvalue weighted by molar-refractivity contribution is 7.98. The van der Waals surface area contributed by atoms with E-state index >= 15 is 0 Å². The summed E-state index contributed by atoms with van der Waals surface area (Å²) in [6.45, 7) is 1.17. The van der Waals surface area contributed by atoms with Gasteiger partial charge in [0.2, 0.25) is 15.9 Å². The largest absolute Gasteiger partial charge is 0.395 e. The normalized spacial score (nSPS) is 13.2. The van der Waals surface area contributed by atoms with Gasteiger partial charge < -0.3 is 15.1 Å². The molecule has 0 aromatic heterocycles. The monoisotopic (exact) mass is 328 g/mol. The molecule has 7 nitrogen and oxygen atoms in total. The maximum absolute atomic E-state index is 12.3. The molecule has 0 aromatic rings. The molecule has 0 bridgehead atoms. The van der Waals surface area contributed by atoms with Crippen molar-refractivity contribution in [3.63, 3.8) is 0 Å². The number of hydrogen-bond donors (Lipinski definition) is 3. The molecule has 0 rings (SSSR count). The van der Waals surface area contributed by atoms with E-state index in [1.54, 1.807) is 0 Å². The highest BCUT2D eigenvalue weighted by Gasteiger charge is 2.27. The van der Waals surface area contributed by atoms with E-state index < -0.39 is 22.0 Å². The second-order valence-electron chi connectivity index (χ2n) is 4.13. The predicted molar refractivity (Wildman–Crippen MR) is 80.1 cm³/mol. The molecule has 120 valence electrons. The van der Waals surface area contributed by atoms with Crippen LogP contribution in [0.4, 0.5) is 0 Å². The Kier molecular flexibility index (Phi) is 10.2. The van der Waals surface area contributed by atoms with Crippen LogP contribution in [0.3, 0.4) is 0 Å². The average molecular weight is 328 g/mol. The molecule has 1 unspecified atom stereocenters. The molecule has 0 fully saturated rings. The first kappa shape index (κ1) is 19.7. The Morgan fingerprint density at radius 3 is 2.25 bits per heavy atom. The van der Waals surface area contributed by atoms with Crippen LogP contribution < -0.4 is 4.72 Å². The topological polar surface area (TPSA) is 107 Å². The Balaban J connectivity index is 4.93. The van der Waals surface area contributed by atoms with Crippen molar-refractivity contribution in [1.82, 2.24) is 9.62 Å². The zero-order valence-electron chi connectivity index (χ0n) is 11.9. The predicted octanol–water partition coefficient (Wildman–Crippen LogP) is -1.14. The second-order valence-corrected chi connectivity index (χ2v) is 7.16. The summed E-state index contributed by atoms with van der Waals surface area (Å²) in [6, 6.07) is -0.856. The first-order chi connectivity index (χ1) is 9.41. The SMILES string of the molecule is CCS(=O)(=O)NC(CCSC)C(=O)N(CCO)CCO. The van der Waals surface area contributed by atoms with Gasteiger partial charge in [-0.2, -0.15) is 11.8 Å². The average Bonchev–Trinajstić information content (AvgIpc) is 2.42. The number of rotatable bonds is 11. The van der Waals surface area contributed by atoms with Gasteiger partial charge in [-0.15, -0.1) is 0 Å². The summed E-state index contributed by atoms with van der Waals surface area (Å²) in [4.78, 5) is 13.6. The molecule has 0 saturated heterocycles. The Morgan fingerprint density at radius 1 is 1.30 bits per heavy atom. The fourth-order valence-corrected chi connectivity index (χ4v) is 2.85. The minimum absolute atomic E-state index is 0.0724. The van der Waals surface area contributed by atoms with Crippen molar-refractivity contribution in [2.75, 3.05) is 44.1 Å². The number of nitrogens with one attached hydrogen (secondary N) is 1. The van der Waals surface area contributed by atoms with Gasteiger partial charge in [-0.1, -0.05) is 0 Å². The molecule has 9 heteroatoms. The summed E-state index contributed by atoms with van der Waals surface area (Å²) in [5.41, 5.74) is 0. The first-order valence-electron chi connectivity index (χ1n) is 6.41. The van der Waals surface area contributed by atoms with Crippen LogP contribution in [0.15, 0.2) is 0 Å². The van der Waals surface area contributed by atoms with Crippen molar-refractivity contribution >= 4 is 27.7 Å². The Bertz CT molecular complexity index is 369. The van der Waals surface area contributed by atoms with Crippen LogP contribution in [0.2, 0.25) is 0 Å². The van der Waals surface area contributed by atoms with E-state index in [0.29, 0.717) is 12.2 Å². The molecule has 0 saturated carbocycles. The van der Waals surface area contributed by atoms with Crippen LogP contribution in [0.5, 0.6) is 0 Å². The molecule has 3 N–H and O–H groups in total. The molecular formula is C11H24N2O5S2. The Morgan fingerprint density at radius 2 is 1.85 bits per heavy atom. The van der Waals surface area contributed by atoms with E-state index in [9.17, 15) is 13.2 Å². The van der Waals surface area contributed by atoms with Crippen LogP contribution in [-0.4, -0.2) is 79.5 Å². The van der Waals surface area contributed by atoms with Gasteiger partial charge >= 0.3 is 0 Å². The minimum Gasteiger partial charge on any atom is -0.395 e. The zero-order valence-corrected chi connectivity index (χ0v) is 13.5. The number of aliphatic hydroxyl groups excluding tert-OH is 2. The van der Waals surface area contributed by atoms with Crippen molar-refractivity contribution in [3.05, 3.63) is 0 Å². The third-order valence-electron chi connectivity index (χ3n) is 2.66. The van der Waals surface area contributed by atoms with Gasteiger partial charge in [0.05, 0.1) is 19.0 Å². The van der Waals surface area contributed by atoms with Gasteiger partial charge in [-0.3, -0.25) is 4.79 Å². The van der Waals surface area contributed by atoms with E-state index in [1.165, 1.54) is 23.6 Å². The molecular weight excluding hydrogens is 304 g/mol. The molecule has 1 atom stereocenters. The lowest BCUT2D eigenvalue weighted by Gasteiger charge is -2.26. The number of sulfonamides is 1. The first-order valence-corrected chi connectivity index (χ1v) is 9.45. The van der Waals surface area contributed by atoms with Crippen molar-refractivity contribution in [2.24, 2.45) is 0 Å².